The van der Waals surface area contributed by atoms with E-state index in [1.165, 1.54) is 6.92 Å². The quantitative estimate of drug-likeness (QED) is 0.337. The van der Waals surface area contributed by atoms with E-state index in [1.807, 2.05) is 0 Å². The molecule has 0 aromatic heterocycles. The summed E-state index contributed by atoms with van der Waals surface area (Å²) in [6.45, 7) is 3.25. The van der Waals surface area contributed by atoms with Gasteiger partial charge in [0.05, 0.1) is 16.2 Å². The molecule has 2 atom stereocenters. The first-order valence-corrected chi connectivity index (χ1v) is 7.44. The second-order valence-corrected chi connectivity index (χ2v) is 6.29. The van der Waals surface area contributed by atoms with Gasteiger partial charge in [-0.2, -0.15) is 0 Å². The SMILES string of the molecule is CC(O)CCCCCCCC(C)S(=O)(=O)[O-].[K+]. The first-order valence-electron chi connectivity index (χ1n) is 5.97. The topological polar surface area (TPSA) is 77.4 Å². The van der Waals surface area contributed by atoms with Crippen LogP contribution in [0.25, 0.3) is 0 Å². The fraction of sp³-hybridized carbons (Fsp3) is 1.00. The van der Waals surface area contributed by atoms with Gasteiger partial charge in [-0.25, -0.2) is 8.42 Å². The van der Waals surface area contributed by atoms with Crippen molar-refractivity contribution in [2.24, 2.45) is 0 Å². The molecule has 0 aromatic rings. The number of hydrogen-bond acceptors (Lipinski definition) is 4. The molecule has 0 aromatic carbocycles. The van der Waals surface area contributed by atoms with Crippen LogP contribution in [0, 0.1) is 0 Å². The normalized spacial score (nSPS) is 15.1. The summed E-state index contributed by atoms with van der Waals surface area (Å²) in [5.74, 6) is 0. The van der Waals surface area contributed by atoms with E-state index in [0.717, 1.165) is 38.5 Å². The molecule has 0 radical (unpaired) electrons. The molecule has 98 valence electrons. The van der Waals surface area contributed by atoms with Gasteiger partial charge in [0, 0.05) is 5.25 Å². The average molecular weight is 290 g/mol. The van der Waals surface area contributed by atoms with Crippen LogP contribution in [0.5, 0.6) is 0 Å². The molecule has 0 bridgehead atoms. The first kappa shape index (κ1) is 20.8. The Morgan fingerprint density at radius 1 is 1.00 bits per heavy atom. The van der Waals surface area contributed by atoms with Crippen molar-refractivity contribution in [3.63, 3.8) is 0 Å². The Kier molecular flexibility index (Phi) is 13.9. The van der Waals surface area contributed by atoms with Crippen molar-refractivity contribution in [2.45, 2.75) is 70.1 Å². The summed E-state index contributed by atoms with van der Waals surface area (Å²) < 4.78 is 31.8. The van der Waals surface area contributed by atoms with Gasteiger partial charge < -0.3 is 9.66 Å². The molecule has 0 heterocycles. The van der Waals surface area contributed by atoms with Crippen LogP contribution in [-0.4, -0.2) is 29.4 Å². The Morgan fingerprint density at radius 2 is 1.41 bits per heavy atom. The number of unbranched alkanes of at least 4 members (excludes halogenated alkanes) is 4. The number of rotatable bonds is 9. The molecule has 0 aliphatic heterocycles. The molecule has 1 N–H and O–H groups in total. The van der Waals surface area contributed by atoms with Gasteiger partial charge in [0.15, 0.2) is 0 Å². The number of hydrogen-bond donors (Lipinski definition) is 1. The van der Waals surface area contributed by atoms with Crippen LogP contribution in [0.15, 0.2) is 0 Å². The van der Waals surface area contributed by atoms with E-state index in [2.05, 4.69) is 0 Å². The second kappa shape index (κ2) is 11.3. The molecule has 0 rings (SSSR count). The summed E-state index contributed by atoms with van der Waals surface area (Å²) in [5.41, 5.74) is 0. The molecular formula is C11H23KO4S. The van der Waals surface area contributed by atoms with Crippen LogP contribution in [0.3, 0.4) is 0 Å². The Morgan fingerprint density at radius 3 is 1.82 bits per heavy atom. The Balaban J connectivity index is 0. The number of aliphatic hydroxyl groups is 1. The summed E-state index contributed by atoms with van der Waals surface area (Å²) in [7, 11) is -4.09. The maximum Gasteiger partial charge on any atom is 1.00 e. The van der Waals surface area contributed by atoms with Crippen molar-refractivity contribution >= 4 is 10.1 Å². The van der Waals surface area contributed by atoms with Crippen molar-refractivity contribution in [2.75, 3.05) is 0 Å². The van der Waals surface area contributed by atoms with Crippen molar-refractivity contribution < 1.29 is 69.5 Å². The van der Waals surface area contributed by atoms with Gasteiger partial charge >= 0.3 is 51.4 Å². The van der Waals surface area contributed by atoms with Gasteiger partial charge in [-0.3, -0.25) is 0 Å². The molecule has 0 aliphatic carbocycles. The minimum absolute atomic E-state index is 0. The summed E-state index contributed by atoms with van der Waals surface area (Å²) in [4.78, 5) is 0. The van der Waals surface area contributed by atoms with Crippen LogP contribution >= 0.6 is 0 Å². The van der Waals surface area contributed by atoms with E-state index < -0.39 is 15.4 Å². The van der Waals surface area contributed by atoms with Gasteiger partial charge in [-0.1, -0.05) is 32.1 Å². The first-order chi connectivity index (χ1) is 7.34. The third kappa shape index (κ3) is 13.7. The maximum atomic E-state index is 10.6. The summed E-state index contributed by atoms with van der Waals surface area (Å²) in [6, 6.07) is 0. The third-order valence-corrected chi connectivity index (χ3v) is 3.95. The van der Waals surface area contributed by atoms with E-state index in [9.17, 15) is 13.0 Å². The van der Waals surface area contributed by atoms with E-state index >= 15 is 0 Å². The van der Waals surface area contributed by atoms with Gasteiger partial charge in [0.25, 0.3) is 0 Å². The monoisotopic (exact) mass is 290 g/mol. The standard InChI is InChI=1S/C11H24O4S.K/c1-10(12)8-6-4-3-5-7-9-11(2)16(13,14)15;/h10-12H,3-9H2,1-2H3,(H,13,14,15);/q;+1/p-1. The van der Waals surface area contributed by atoms with Gasteiger partial charge in [0.1, 0.15) is 0 Å². The molecule has 0 spiro atoms. The van der Waals surface area contributed by atoms with Crippen LogP contribution < -0.4 is 51.4 Å². The molecule has 0 fully saturated rings. The fourth-order valence-electron chi connectivity index (χ4n) is 1.55. The molecule has 4 nitrogen and oxygen atoms in total. The third-order valence-electron chi connectivity index (χ3n) is 2.73. The fourth-order valence-corrected chi connectivity index (χ4v) is 2.00. The van der Waals surface area contributed by atoms with Crippen LogP contribution in [0.4, 0.5) is 0 Å². The van der Waals surface area contributed by atoms with E-state index in [1.54, 1.807) is 6.92 Å². The van der Waals surface area contributed by atoms with E-state index in [0.29, 0.717) is 6.42 Å². The number of aliphatic hydroxyl groups excluding tert-OH is 1. The molecule has 0 saturated carbocycles. The molecule has 0 amide bonds. The van der Waals surface area contributed by atoms with Crippen molar-refractivity contribution in [3.8, 4) is 0 Å². The Hall–Kier alpha value is 1.51. The Labute approximate surface area is 148 Å². The molecular weight excluding hydrogens is 267 g/mol. The second-order valence-electron chi connectivity index (χ2n) is 4.50. The van der Waals surface area contributed by atoms with Crippen molar-refractivity contribution in [3.05, 3.63) is 0 Å². The summed E-state index contributed by atoms with van der Waals surface area (Å²) >= 11 is 0. The largest absolute Gasteiger partial charge is 1.00 e. The summed E-state index contributed by atoms with van der Waals surface area (Å²) in [6.07, 6.45) is 5.91. The van der Waals surface area contributed by atoms with Crippen LogP contribution in [0.1, 0.15) is 58.8 Å². The van der Waals surface area contributed by atoms with Gasteiger partial charge in [-0.15, -0.1) is 0 Å². The van der Waals surface area contributed by atoms with E-state index in [4.69, 9.17) is 5.11 Å². The summed E-state index contributed by atoms with van der Waals surface area (Å²) in [5, 5.41) is 8.26. The van der Waals surface area contributed by atoms with E-state index in [-0.39, 0.29) is 57.5 Å². The molecule has 17 heavy (non-hydrogen) atoms. The van der Waals surface area contributed by atoms with Crippen molar-refractivity contribution in [1.29, 1.82) is 0 Å². The maximum absolute atomic E-state index is 10.6. The smallest absolute Gasteiger partial charge is 0.748 e. The van der Waals surface area contributed by atoms with Gasteiger partial charge in [-0.05, 0) is 26.7 Å². The van der Waals surface area contributed by atoms with Crippen molar-refractivity contribution in [1.82, 2.24) is 0 Å². The zero-order valence-corrected chi connectivity index (χ0v) is 15.1. The zero-order valence-electron chi connectivity index (χ0n) is 11.2. The molecule has 2 unspecified atom stereocenters. The average Bonchev–Trinajstić information content (AvgIpc) is 2.14. The van der Waals surface area contributed by atoms with Gasteiger partial charge in [0.2, 0.25) is 0 Å². The Bertz CT molecular complexity index is 265. The zero-order chi connectivity index (χ0) is 12.6. The minimum Gasteiger partial charge on any atom is -0.748 e. The minimum atomic E-state index is -4.09. The predicted octanol–water partition coefficient (Wildman–Crippen LogP) is -0.964. The van der Waals surface area contributed by atoms with Crippen LogP contribution in [0.2, 0.25) is 0 Å². The van der Waals surface area contributed by atoms with Crippen LogP contribution in [-0.2, 0) is 10.1 Å². The molecule has 0 saturated heterocycles. The molecule has 6 heteroatoms. The molecule has 0 aliphatic rings. The predicted molar refractivity (Wildman–Crippen MR) is 63.2 cm³/mol.